The minimum Gasteiger partial charge on any atom is -0.481 e. The minimum absolute atomic E-state index is 0.0901. The third-order valence-electron chi connectivity index (χ3n) is 5.35. The van der Waals surface area contributed by atoms with Crippen molar-refractivity contribution >= 4 is 17.5 Å². The van der Waals surface area contributed by atoms with Crippen LogP contribution in [0.2, 0.25) is 0 Å². The first-order valence-electron chi connectivity index (χ1n) is 10.4. The van der Waals surface area contributed by atoms with E-state index in [-0.39, 0.29) is 17.9 Å². The van der Waals surface area contributed by atoms with Crippen LogP contribution in [0.4, 0.5) is 5.69 Å². The highest BCUT2D eigenvalue weighted by Gasteiger charge is 2.19. The number of hydrogen-bond donors (Lipinski definition) is 2. The van der Waals surface area contributed by atoms with Crippen LogP contribution in [-0.4, -0.2) is 24.0 Å². The molecular weight excluding hydrogens is 364 g/mol. The fourth-order valence-electron chi connectivity index (χ4n) is 3.58. The smallest absolute Gasteiger partial charge is 0.265 e. The Labute approximate surface area is 172 Å². The van der Waals surface area contributed by atoms with Crippen molar-refractivity contribution in [2.75, 3.05) is 5.32 Å². The molecule has 29 heavy (non-hydrogen) atoms. The van der Waals surface area contributed by atoms with Crippen LogP contribution in [0, 0.1) is 13.8 Å². The first kappa shape index (κ1) is 20.9. The van der Waals surface area contributed by atoms with E-state index in [0.29, 0.717) is 17.0 Å². The van der Waals surface area contributed by atoms with Crippen molar-refractivity contribution in [2.24, 2.45) is 0 Å². The summed E-state index contributed by atoms with van der Waals surface area (Å²) in [5.41, 5.74) is 3.20. The van der Waals surface area contributed by atoms with E-state index in [9.17, 15) is 9.59 Å². The van der Waals surface area contributed by atoms with E-state index in [1.807, 2.05) is 32.0 Å². The lowest BCUT2D eigenvalue weighted by atomic mass is 9.95. The largest absolute Gasteiger partial charge is 0.481 e. The van der Waals surface area contributed by atoms with Gasteiger partial charge in [-0.2, -0.15) is 0 Å². The highest BCUT2D eigenvalue weighted by molar-refractivity contribution is 5.98. The minimum atomic E-state index is -0.657. The summed E-state index contributed by atoms with van der Waals surface area (Å²) < 4.78 is 5.85. The molecule has 1 aliphatic carbocycles. The number of carbonyl (C=O) groups excluding carboxylic acids is 2. The predicted molar refractivity (Wildman–Crippen MR) is 115 cm³/mol. The van der Waals surface area contributed by atoms with Gasteiger partial charge >= 0.3 is 0 Å². The first-order chi connectivity index (χ1) is 13.9. The van der Waals surface area contributed by atoms with Gasteiger partial charge in [-0.25, -0.2) is 0 Å². The second-order valence-corrected chi connectivity index (χ2v) is 7.91. The Kier molecular flexibility index (Phi) is 6.91. The zero-order valence-corrected chi connectivity index (χ0v) is 17.5. The number of amides is 2. The summed E-state index contributed by atoms with van der Waals surface area (Å²) in [5, 5.41) is 5.96. The summed E-state index contributed by atoms with van der Waals surface area (Å²) in [4.78, 5) is 25.1. The zero-order chi connectivity index (χ0) is 20.8. The van der Waals surface area contributed by atoms with Crippen LogP contribution in [0.15, 0.2) is 42.5 Å². The number of rotatable bonds is 6. The van der Waals surface area contributed by atoms with Gasteiger partial charge in [0.05, 0.1) is 0 Å². The molecule has 1 unspecified atom stereocenters. The number of carbonyl (C=O) groups is 2. The topological polar surface area (TPSA) is 67.4 Å². The summed E-state index contributed by atoms with van der Waals surface area (Å²) in [6.45, 7) is 5.66. The molecule has 0 saturated heterocycles. The molecule has 2 amide bonds. The maximum absolute atomic E-state index is 12.6. The van der Waals surface area contributed by atoms with Gasteiger partial charge in [-0.3, -0.25) is 9.59 Å². The van der Waals surface area contributed by atoms with Gasteiger partial charge in [0.15, 0.2) is 6.10 Å². The zero-order valence-electron chi connectivity index (χ0n) is 17.5. The molecule has 0 heterocycles. The van der Waals surface area contributed by atoms with E-state index in [0.717, 1.165) is 24.0 Å². The van der Waals surface area contributed by atoms with E-state index in [1.54, 1.807) is 31.2 Å². The molecule has 1 fully saturated rings. The van der Waals surface area contributed by atoms with Crippen molar-refractivity contribution in [3.05, 3.63) is 59.2 Å². The van der Waals surface area contributed by atoms with Crippen molar-refractivity contribution in [1.29, 1.82) is 0 Å². The van der Waals surface area contributed by atoms with Crippen molar-refractivity contribution in [3.8, 4) is 5.75 Å². The Balaban J connectivity index is 1.60. The lowest BCUT2D eigenvalue weighted by Crippen LogP contribution is -2.36. The van der Waals surface area contributed by atoms with E-state index >= 15 is 0 Å². The molecule has 2 aromatic carbocycles. The molecule has 1 saturated carbocycles. The van der Waals surface area contributed by atoms with Crippen molar-refractivity contribution < 1.29 is 14.3 Å². The SMILES string of the molecule is Cc1ccc(C)c(OC(C)C(=O)Nc2cccc(C(=O)NC3CCCCC3)c2)c1. The predicted octanol–water partition coefficient (Wildman–Crippen LogP) is 4.77. The van der Waals surface area contributed by atoms with Gasteiger partial charge in [0.25, 0.3) is 11.8 Å². The molecule has 0 bridgehead atoms. The number of aryl methyl sites for hydroxylation is 2. The molecule has 1 atom stereocenters. The number of ether oxygens (including phenoxy) is 1. The van der Waals surface area contributed by atoms with Gasteiger partial charge in [-0.15, -0.1) is 0 Å². The molecular formula is C24H30N2O3. The average Bonchev–Trinajstić information content (AvgIpc) is 2.71. The number of nitrogens with one attached hydrogen (secondary N) is 2. The average molecular weight is 395 g/mol. The first-order valence-corrected chi connectivity index (χ1v) is 10.4. The molecule has 3 rings (SSSR count). The Morgan fingerprint density at radius 3 is 2.55 bits per heavy atom. The third kappa shape index (κ3) is 5.83. The van der Waals surface area contributed by atoms with Gasteiger partial charge in [0.2, 0.25) is 0 Å². The molecule has 5 heteroatoms. The summed E-state index contributed by atoms with van der Waals surface area (Å²) >= 11 is 0. The van der Waals surface area contributed by atoms with Gasteiger partial charge in [-0.1, -0.05) is 37.5 Å². The van der Waals surface area contributed by atoms with Crippen LogP contribution in [0.3, 0.4) is 0 Å². The second-order valence-electron chi connectivity index (χ2n) is 7.91. The number of benzene rings is 2. The maximum atomic E-state index is 12.6. The molecule has 0 spiro atoms. The molecule has 154 valence electrons. The van der Waals surface area contributed by atoms with Crippen molar-refractivity contribution in [2.45, 2.75) is 65.0 Å². The fraction of sp³-hybridized carbons (Fsp3) is 0.417. The lowest BCUT2D eigenvalue weighted by molar-refractivity contribution is -0.122. The molecule has 1 aliphatic rings. The molecule has 2 N–H and O–H groups in total. The molecule has 2 aromatic rings. The number of anilines is 1. The Bertz CT molecular complexity index is 872. The summed E-state index contributed by atoms with van der Waals surface area (Å²) in [7, 11) is 0. The van der Waals surface area contributed by atoms with Crippen LogP contribution in [-0.2, 0) is 4.79 Å². The standard InChI is InChI=1S/C24H30N2O3/c1-16-12-13-17(2)22(14-16)29-18(3)23(27)26-21-11-7-8-19(15-21)24(28)25-20-9-5-4-6-10-20/h7-8,11-15,18,20H,4-6,9-10H2,1-3H3,(H,25,28)(H,26,27). The van der Waals surface area contributed by atoms with Gasteiger partial charge < -0.3 is 15.4 Å². The molecule has 5 nitrogen and oxygen atoms in total. The van der Waals surface area contributed by atoms with E-state index in [1.165, 1.54) is 19.3 Å². The van der Waals surface area contributed by atoms with Crippen LogP contribution >= 0.6 is 0 Å². The maximum Gasteiger partial charge on any atom is 0.265 e. The van der Waals surface area contributed by atoms with Crippen molar-refractivity contribution in [3.63, 3.8) is 0 Å². The van der Waals surface area contributed by atoms with Gasteiger partial charge in [0, 0.05) is 17.3 Å². The number of hydrogen-bond acceptors (Lipinski definition) is 3. The Hall–Kier alpha value is -2.82. The Morgan fingerprint density at radius 1 is 1.03 bits per heavy atom. The van der Waals surface area contributed by atoms with Gasteiger partial charge in [0.1, 0.15) is 5.75 Å². The summed E-state index contributed by atoms with van der Waals surface area (Å²) in [5.74, 6) is 0.358. The second kappa shape index (κ2) is 9.59. The summed E-state index contributed by atoms with van der Waals surface area (Å²) in [6.07, 6.45) is 5.00. The third-order valence-corrected chi connectivity index (χ3v) is 5.35. The normalized spacial score (nSPS) is 15.4. The fourth-order valence-corrected chi connectivity index (χ4v) is 3.58. The molecule has 0 aromatic heterocycles. The highest BCUT2D eigenvalue weighted by Crippen LogP contribution is 2.21. The van der Waals surface area contributed by atoms with Gasteiger partial charge in [-0.05, 0) is 69.0 Å². The van der Waals surface area contributed by atoms with Crippen LogP contribution in [0.5, 0.6) is 5.75 Å². The van der Waals surface area contributed by atoms with Crippen LogP contribution in [0.25, 0.3) is 0 Å². The molecule has 0 aliphatic heterocycles. The molecule has 0 radical (unpaired) electrons. The monoisotopic (exact) mass is 394 g/mol. The Morgan fingerprint density at radius 2 is 1.79 bits per heavy atom. The van der Waals surface area contributed by atoms with E-state index in [2.05, 4.69) is 10.6 Å². The highest BCUT2D eigenvalue weighted by atomic mass is 16.5. The van der Waals surface area contributed by atoms with E-state index < -0.39 is 6.10 Å². The van der Waals surface area contributed by atoms with Crippen molar-refractivity contribution in [1.82, 2.24) is 5.32 Å². The summed E-state index contributed by atoms with van der Waals surface area (Å²) in [6, 6.07) is 13.2. The van der Waals surface area contributed by atoms with Crippen LogP contribution < -0.4 is 15.4 Å². The quantitative estimate of drug-likeness (QED) is 0.741. The van der Waals surface area contributed by atoms with Crippen LogP contribution in [0.1, 0.15) is 60.5 Å². The lowest BCUT2D eigenvalue weighted by Gasteiger charge is -2.23. The van der Waals surface area contributed by atoms with E-state index in [4.69, 9.17) is 4.74 Å².